The molecule has 0 aliphatic carbocycles. The minimum absolute atomic E-state index is 0.203. The second-order valence-electron chi connectivity index (χ2n) is 2.88. The molecule has 0 aliphatic rings. The first-order valence-corrected chi connectivity index (χ1v) is 4.37. The van der Waals surface area contributed by atoms with Gasteiger partial charge >= 0.3 is 0 Å². The summed E-state index contributed by atoms with van der Waals surface area (Å²) < 4.78 is 0. The summed E-state index contributed by atoms with van der Waals surface area (Å²) in [6, 6.07) is 9.18. The normalized spacial score (nSPS) is 11.8. The highest BCUT2D eigenvalue weighted by Crippen LogP contribution is 2.10. The monoisotopic (exact) mass is 191 g/mol. The van der Waals surface area contributed by atoms with Gasteiger partial charge in [-0.05, 0) is 11.6 Å². The van der Waals surface area contributed by atoms with Crippen molar-refractivity contribution >= 4 is 5.91 Å². The van der Waals surface area contributed by atoms with Crippen LogP contribution in [0.5, 0.6) is 0 Å². The fraction of sp³-hybridized carbons (Fsp3) is 0.182. The molecule has 0 radical (unpaired) electrons. The van der Waals surface area contributed by atoms with Gasteiger partial charge < -0.3 is 10.4 Å². The topological polar surface area (TPSA) is 49.3 Å². The van der Waals surface area contributed by atoms with Crippen LogP contribution >= 0.6 is 0 Å². The highest BCUT2D eigenvalue weighted by molar-refractivity contribution is 5.86. The van der Waals surface area contributed by atoms with Crippen LogP contribution in [0.25, 0.3) is 0 Å². The summed E-state index contributed by atoms with van der Waals surface area (Å²) in [5.41, 5.74) is 0.789. The van der Waals surface area contributed by atoms with Gasteiger partial charge in [0, 0.05) is 6.54 Å². The number of nitrogens with one attached hydrogen (secondary N) is 1. The molecular formula is C11H13NO2. The average molecular weight is 191 g/mol. The summed E-state index contributed by atoms with van der Waals surface area (Å²) in [5, 5.41) is 12.1. The maximum Gasteiger partial charge on any atom is 0.243 e. The molecule has 1 aromatic rings. The number of amides is 1. The molecule has 0 spiro atoms. The van der Waals surface area contributed by atoms with Crippen molar-refractivity contribution in [3.05, 3.63) is 48.6 Å². The summed E-state index contributed by atoms with van der Waals surface area (Å²) >= 11 is 0. The molecule has 74 valence electrons. The van der Waals surface area contributed by atoms with Gasteiger partial charge in [-0.25, -0.2) is 0 Å². The number of rotatable bonds is 4. The number of hydrogen-bond donors (Lipinski definition) is 2. The van der Waals surface area contributed by atoms with Gasteiger partial charge in [0.05, 0.1) is 6.10 Å². The van der Waals surface area contributed by atoms with Crippen LogP contribution in [0.3, 0.4) is 0 Å². The lowest BCUT2D eigenvalue weighted by Crippen LogP contribution is -2.26. The molecule has 1 unspecified atom stereocenters. The lowest BCUT2D eigenvalue weighted by molar-refractivity contribution is -0.116. The fourth-order valence-corrected chi connectivity index (χ4v) is 1.06. The van der Waals surface area contributed by atoms with Gasteiger partial charge in [0.25, 0.3) is 0 Å². The highest BCUT2D eigenvalue weighted by atomic mass is 16.3. The third-order valence-electron chi connectivity index (χ3n) is 1.84. The van der Waals surface area contributed by atoms with E-state index >= 15 is 0 Å². The molecule has 1 amide bonds. The average Bonchev–Trinajstić information content (AvgIpc) is 2.26. The molecule has 14 heavy (non-hydrogen) atoms. The largest absolute Gasteiger partial charge is 0.387 e. The Morgan fingerprint density at radius 3 is 2.71 bits per heavy atom. The summed E-state index contributed by atoms with van der Waals surface area (Å²) in [6.07, 6.45) is 0.512. The van der Waals surface area contributed by atoms with Crippen LogP contribution in [-0.4, -0.2) is 17.6 Å². The second-order valence-corrected chi connectivity index (χ2v) is 2.88. The van der Waals surface area contributed by atoms with E-state index in [9.17, 15) is 9.90 Å². The Morgan fingerprint density at radius 2 is 2.14 bits per heavy atom. The number of aliphatic hydroxyl groups excluding tert-OH is 1. The Bertz CT molecular complexity index is 308. The summed E-state index contributed by atoms with van der Waals surface area (Å²) in [4.78, 5) is 10.8. The highest BCUT2D eigenvalue weighted by Gasteiger charge is 2.06. The molecule has 0 saturated heterocycles. The first-order chi connectivity index (χ1) is 6.74. The molecule has 3 heteroatoms. The molecule has 2 N–H and O–H groups in total. The fourth-order valence-electron chi connectivity index (χ4n) is 1.06. The molecule has 0 heterocycles. The minimum Gasteiger partial charge on any atom is -0.387 e. The lowest BCUT2D eigenvalue weighted by atomic mass is 10.1. The molecule has 0 aromatic heterocycles. The number of carbonyl (C=O) groups is 1. The maximum atomic E-state index is 10.8. The zero-order valence-electron chi connectivity index (χ0n) is 7.81. The van der Waals surface area contributed by atoms with Crippen molar-refractivity contribution < 1.29 is 9.90 Å². The van der Waals surface area contributed by atoms with Crippen molar-refractivity contribution in [1.82, 2.24) is 5.32 Å². The van der Waals surface area contributed by atoms with Crippen LogP contribution < -0.4 is 5.32 Å². The molecule has 3 nitrogen and oxygen atoms in total. The smallest absolute Gasteiger partial charge is 0.243 e. The molecule has 1 rings (SSSR count). The van der Waals surface area contributed by atoms with Crippen molar-refractivity contribution in [3.63, 3.8) is 0 Å². The van der Waals surface area contributed by atoms with E-state index in [0.717, 1.165) is 5.56 Å². The zero-order chi connectivity index (χ0) is 10.4. The Balaban J connectivity index is 2.47. The number of benzene rings is 1. The molecule has 1 atom stereocenters. The second kappa shape index (κ2) is 5.19. The third kappa shape index (κ3) is 3.03. The van der Waals surface area contributed by atoms with Crippen LogP contribution in [0.4, 0.5) is 0 Å². The SMILES string of the molecule is C=CC(=O)NCC(O)c1ccccc1. The van der Waals surface area contributed by atoms with E-state index in [-0.39, 0.29) is 12.5 Å². The first-order valence-electron chi connectivity index (χ1n) is 4.37. The Morgan fingerprint density at radius 1 is 1.50 bits per heavy atom. The van der Waals surface area contributed by atoms with Crippen LogP contribution in [0.15, 0.2) is 43.0 Å². The van der Waals surface area contributed by atoms with Crippen LogP contribution in [0.2, 0.25) is 0 Å². The number of hydrogen-bond acceptors (Lipinski definition) is 2. The van der Waals surface area contributed by atoms with E-state index in [4.69, 9.17) is 0 Å². The zero-order valence-corrected chi connectivity index (χ0v) is 7.81. The van der Waals surface area contributed by atoms with Crippen molar-refractivity contribution in [2.24, 2.45) is 0 Å². The molecule has 1 aromatic carbocycles. The van der Waals surface area contributed by atoms with E-state index in [1.807, 2.05) is 30.3 Å². The van der Waals surface area contributed by atoms with Gasteiger partial charge in [-0.1, -0.05) is 36.9 Å². The Hall–Kier alpha value is -1.61. The van der Waals surface area contributed by atoms with Gasteiger partial charge in [-0.15, -0.1) is 0 Å². The summed E-state index contributed by atoms with van der Waals surface area (Å²) in [5.74, 6) is -0.278. The molecule has 0 bridgehead atoms. The van der Waals surface area contributed by atoms with Crippen molar-refractivity contribution in [2.75, 3.05) is 6.54 Å². The predicted octanol–water partition coefficient (Wildman–Crippen LogP) is 1.02. The lowest BCUT2D eigenvalue weighted by Gasteiger charge is -2.10. The van der Waals surface area contributed by atoms with Gasteiger partial charge in [-0.3, -0.25) is 4.79 Å². The number of carbonyl (C=O) groups excluding carboxylic acids is 1. The Labute approximate surface area is 83.1 Å². The van der Waals surface area contributed by atoms with E-state index in [0.29, 0.717) is 0 Å². The van der Waals surface area contributed by atoms with E-state index in [2.05, 4.69) is 11.9 Å². The Kier molecular flexibility index (Phi) is 3.88. The number of aliphatic hydroxyl groups is 1. The summed E-state index contributed by atoms with van der Waals surface area (Å²) in [7, 11) is 0. The third-order valence-corrected chi connectivity index (χ3v) is 1.84. The van der Waals surface area contributed by atoms with E-state index in [1.54, 1.807) is 0 Å². The first kappa shape index (κ1) is 10.5. The van der Waals surface area contributed by atoms with E-state index in [1.165, 1.54) is 6.08 Å². The van der Waals surface area contributed by atoms with Crippen molar-refractivity contribution in [3.8, 4) is 0 Å². The van der Waals surface area contributed by atoms with Crippen LogP contribution in [0, 0.1) is 0 Å². The van der Waals surface area contributed by atoms with Crippen molar-refractivity contribution in [1.29, 1.82) is 0 Å². The van der Waals surface area contributed by atoms with E-state index < -0.39 is 6.10 Å². The van der Waals surface area contributed by atoms with Crippen LogP contribution in [0.1, 0.15) is 11.7 Å². The standard InChI is InChI=1S/C11H13NO2/c1-2-11(14)12-8-10(13)9-6-4-3-5-7-9/h2-7,10,13H,1,8H2,(H,12,14). The minimum atomic E-state index is -0.667. The van der Waals surface area contributed by atoms with Crippen LogP contribution in [-0.2, 0) is 4.79 Å². The van der Waals surface area contributed by atoms with Gasteiger partial charge in [0.1, 0.15) is 0 Å². The van der Waals surface area contributed by atoms with Gasteiger partial charge in [-0.2, -0.15) is 0 Å². The maximum absolute atomic E-state index is 10.8. The molecular weight excluding hydrogens is 178 g/mol. The van der Waals surface area contributed by atoms with Gasteiger partial charge in [0.2, 0.25) is 5.91 Å². The van der Waals surface area contributed by atoms with Gasteiger partial charge in [0.15, 0.2) is 0 Å². The summed E-state index contributed by atoms with van der Waals surface area (Å²) in [6.45, 7) is 3.52. The quantitative estimate of drug-likeness (QED) is 0.698. The molecule has 0 aliphatic heterocycles. The predicted molar refractivity (Wildman–Crippen MR) is 54.6 cm³/mol. The van der Waals surface area contributed by atoms with Crippen molar-refractivity contribution in [2.45, 2.75) is 6.10 Å². The molecule has 0 saturated carbocycles. The molecule has 0 fully saturated rings.